The molecule has 1 spiro atoms. The molecular formula is C16H16FN3O3S. The van der Waals surface area contributed by atoms with Gasteiger partial charge < -0.3 is 14.7 Å². The molecule has 0 saturated carbocycles. The van der Waals surface area contributed by atoms with Crippen molar-refractivity contribution in [2.75, 3.05) is 24.6 Å². The predicted octanol–water partition coefficient (Wildman–Crippen LogP) is 2.44. The van der Waals surface area contributed by atoms with E-state index in [0.29, 0.717) is 30.5 Å². The maximum Gasteiger partial charge on any atom is 0.345 e. The van der Waals surface area contributed by atoms with Gasteiger partial charge in [0, 0.05) is 18.0 Å². The molecule has 0 aliphatic carbocycles. The lowest BCUT2D eigenvalue weighted by Gasteiger charge is -2.43. The van der Waals surface area contributed by atoms with E-state index in [-0.39, 0.29) is 0 Å². The van der Waals surface area contributed by atoms with Crippen molar-refractivity contribution < 1.29 is 19.0 Å². The number of aromatic nitrogens is 2. The van der Waals surface area contributed by atoms with Gasteiger partial charge in [-0.1, -0.05) is 0 Å². The second-order valence-corrected chi connectivity index (χ2v) is 7.10. The number of fused-ring (bicyclic) bond motifs is 2. The maximum atomic E-state index is 13.0. The van der Waals surface area contributed by atoms with Crippen molar-refractivity contribution in [3.63, 3.8) is 0 Å². The highest BCUT2D eigenvalue weighted by atomic mass is 32.1. The summed E-state index contributed by atoms with van der Waals surface area (Å²) in [6.45, 7) is 1.98. The monoisotopic (exact) mass is 349 g/mol. The second kappa shape index (κ2) is 5.78. The van der Waals surface area contributed by atoms with Crippen molar-refractivity contribution in [2.45, 2.75) is 24.9 Å². The summed E-state index contributed by atoms with van der Waals surface area (Å²) < 4.78 is 19.1. The number of ether oxygens (including phenoxy) is 1. The number of nitrogens with zero attached hydrogens (tertiary/aromatic N) is 3. The van der Waals surface area contributed by atoms with Gasteiger partial charge in [0.05, 0.1) is 19.0 Å². The number of hydrogen-bond donors (Lipinski definition) is 1. The van der Waals surface area contributed by atoms with E-state index in [1.54, 1.807) is 6.07 Å². The third-order valence-corrected chi connectivity index (χ3v) is 5.99. The van der Waals surface area contributed by atoms with Gasteiger partial charge in [0.25, 0.3) is 0 Å². The molecule has 0 atom stereocenters. The quantitative estimate of drug-likeness (QED) is 0.898. The number of halogens is 1. The number of hydrogen-bond acceptors (Lipinski definition) is 6. The van der Waals surface area contributed by atoms with Crippen LogP contribution in [0.4, 0.5) is 10.3 Å². The Morgan fingerprint density at radius 2 is 2.04 bits per heavy atom. The normalized spacial score (nSPS) is 19.3. The summed E-state index contributed by atoms with van der Waals surface area (Å²) in [5.41, 5.74) is 0.679. The molecule has 2 aliphatic rings. The van der Waals surface area contributed by atoms with Crippen LogP contribution in [0.1, 0.15) is 33.0 Å². The maximum absolute atomic E-state index is 13.0. The van der Waals surface area contributed by atoms with Crippen molar-refractivity contribution in [3.05, 3.63) is 39.6 Å². The first-order chi connectivity index (χ1) is 11.6. The molecule has 24 heavy (non-hydrogen) atoms. The molecule has 2 aliphatic heterocycles. The number of thiophene rings is 1. The number of aromatic carboxylic acids is 1. The van der Waals surface area contributed by atoms with Gasteiger partial charge in [-0.25, -0.2) is 19.2 Å². The fraction of sp³-hybridized carbons (Fsp3) is 0.438. The fourth-order valence-corrected chi connectivity index (χ4v) is 4.69. The van der Waals surface area contributed by atoms with Crippen LogP contribution in [0, 0.1) is 5.82 Å². The highest BCUT2D eigenvalue weighted by Crippen LogP contribution is 2.45. The fourth-order valence-electron chi connectivity index (χ4n) is 3.44. The minimum Gasteiger partial charge on any atom is -0.477 e. The molecule has 0 bridgehead atoms. The van der Waals surface area contributed by atoms with Crippen molar-refractivity contribution in [1.82, 2.24) is 9.97 Å². The van der Waals surface area contributed by atoms with E-state index in [9.17, 15) is 14.3 Å². The van der Waals surface area contributed by atoms with Crippen LogP contribution < -0.4 is 4.90 Å². The Balaban J connectivity index is 1.57. The molecule has 4 rings (SSSR count). The van der Waals surface area contributed by atoms with Gasteiger partial charge in [-0.2, -0.15) is 0 Å². The number of carboxylic acids is 1. The van der Waals surface area contributed by atoms with Crippen LogP contribution in [0.25, 0.3) is 0 Å². The summed E-state index contributed by atoms with van der Waals surface area (Å²) in [5.74, 6) is -0.825. The first kappa shape index (κ1) is 15.5. The van der Waals surface area contributed by atoms with Crippen LogP contribution in [0.2, 0.25) is 0 Å². The minimum absolute atomic E-state index is 0.370. The summed E-state index contributed by atoms with van der Waals surface area (Å²) in [7, 11) is 0. The Hall–Kier alpha value is -2.06. The van der Waals surface area contributed by atoms with Gasteiger partial charge in [0.15, 0.2) is 5.82 Å². The largest absolute Gasteiger partial charge is 0.477 e. The second-order valence-electron chi connectivity index (χ2n) is 6.05. The van der Waals surface area contributed by atoms with Crippen LogP contribution in [-0.2, 0) is 16.8 Å². The van der Waals surface area contributed by atoms with E-state index in [0.717, 1.165) is 29.7 Å². The molecule has 4 heterocycles. The van der Waals surface area contributed by atoms with Crippen LogP contribution in [0.5, 0.6) is 0 Å². The Labute approximate surface area is 141 Å². The lowest BCUT2D eigenvalue weighted by atomic mass is 9.85. The Morgan fingerprint density at radius 1 is 1.33 bits per heavy atom. The zero-order valence-electron chi connectivity index (χ0n) is 12.9. The minimum atomic E-state index is -0.887. The summed E-state index contributed by atoms with van der Waals surface area (Å²) in [5, 5.41) is 9.25. The average molecular weight is 349 g/mol. The number of carbonyl (C=O) groups is 1. The average Bonchev–Trinajstić information content (AvgIpc) is 3.03. The molecule has 0 amide bonds. The molecule has 0 unspecified atom stereocenters. The van der Waals surface area contributed by atoms with E-state index in [1.165, 1.54) is 23.7 Å². The number of rotatable bonds is 2. The van der Waals surface area contributed by atoms with Gasteiger partial charge >= 0.3 is 5.97 Å². The summed E-state index contributed by atoms with van der Waals surface area (Å²) >= 11 is 1.32. The first-order valence-electron chi connectivity index (χ1n) is 7.80. The van der Waals surface area contributed by atoms with Crippen molar-refractivity contribution in [2.24, 2.45) is 0 Å². The van der Waals surface area contributed by atoms with Crippen molar-refractivity contribution >= 4 is 23.3 Å². The predicted molar refractivity (Wildman–Crippen MR) is 86.0 cm³/mol. The molecular weight excluding hydrogens is 333 g/mol. The van der Waals surface area contributed by atoms with E-state index in [2.05, 4.69) is 9.97 Å². The zero-order valence-corrected chi connectivity index (χ0v) is 13.7. The lowest BCUT2D eigenvalue weighted by molar-refractivity contribution is -0.0736. The molecule has 126 valence electrons. The Morgan fingerprint density at radius 3 is 2.71 bits per heavy atom. The van der Waals surface area contributed by atoms with Gasteiger partial charge in [-0.15, -0.1) is 11.3 Å². The standard InChI is InChI=1S/C16H16FN3O3S/c17-11-8-18-15(19-9-11)20-4-2-16(3-5-20)13-10(1-6-23-16)7-12(24-13)14(21)22/h7-9H,1-6H2,(H,21,22). The van der Waals surface area contributed by atoms with Crippen LogP contribution in [0.15, 0.2) is 18.5 Å². The van der Waals surface area contributed by atoms with Gasteiger partial charge in [-0.3, -0.25) is 0 Å². The van der Waals surface area contributed by atoms with E-state index in [4.69, 9.17) is 4.74 Å². The van der Waals surface area contributed by atoms with Gasteiger partial charge in [-0.05, 0) is 30.9 Å². The molecule has 1 N–H and O–H groups in total. The SMILES string of the molecule is O=C(O)c1cc2c(s1)C1(CCN(c3ncc(F)cn3)CC1)OCC2. The highest BCUT2D eigenvalue weighted by Gasteiger charge is 2.43. The van der Waals surface area contributed by atoms with Crippen molar-refractivity contribution in [3.8, 4) is 0 Å². The molecule has 6 nitrogen and oxygen atoms in total. The number of piperidine rings is 1. The number of anilines is 1. The smallest absolute Gasteiger partial charge is 0.345 e. The van der Waals surface area contributed by atoms with Crippen LogP contribution >= 0.6 is 11.3 Å². The third kappa shape index (κ3) is 2.55. The van der Waals surface area contributed by atoms with E-state index >= 15 is 0 Å². The highest BCUT2D eigenvalue weighted by molar-refractivity contribution is 7.14. The molecule has 2 aromatic rings. The first-order valence-corrected chi connectivity index (χ1v) is 8.62. The van der Waals surface area contributed by atoms with E-state index in [1.807, 2.05) is 4.90 Å². The van der Waals surface area contributed by atoms with Crippen LogP contribution in [-0.4, -0.2) is 40.7 Å². The number of carboxylic acid groups (broad SMARTS) is 1. The summed E-state index contributed by atoms with van der Waals surface area (Å²) in [6.07, 6.45) is 4.56. The molecule has 1 saturated heterocycles. The molecule has 0 aromatic carbocycles. The zero-order chi connectivity index (χ0) is 16.7. The molecule has 1 fully saturated rings. The van der Waals surface area contributed by atoms with Gasteiger partial charge in [0.2, 0.25) is 5.95 Å². The summed E-state index contributed by atoms with van der Waals surface area (Å²) in [4.78, 5) is 22.8. The third-order valence-electron chi connectivity index (χ3n) is 4.64. The molecule has 2 aromatic heterocycles. The van der Waals surface area contributed by atoms with Crippen LogP contribution in [0.3, 0.4) is 0 Å². The lowest BCUT2D eigenvalue weighted by Crippen LogP contribution is -2.46. The Bertz CT molecular complexity index is 769. The topological polar surface area (TPSA) is 75.5 Å². The molecule has 8 heteroatoms. The van der Waals surface area contributed by atoms with Crippen molar-refractivity contribution in [1.29, 1.82) is 0 Å². The molecule has 0 radical (unpaired) electrons. The van der Waals surface area contributed by atoms with E-state index < -0.39 is 17.4 Å². The van der Waals surface area contributed by atoms with Gasteiger partial charge in [0.1, 0.15) is 10.5 Å². The summed E-state index contributed by atoms with van der Waals surface area (Å²) in [6, 6.07) is 1.78. The Kier molecular flexibility index (Phi) is 3.73.